The lowest BCUT2D eigenvalue weighted by atomic mass is 10.2. The summed E-state index contributed by atoms with van der Waals surface area (Å²) in [5.41, 5.74) is 1.08. The number of aromatic nitrogens is 1. The van der Waals surface area contributed by atoms with Crippen LogP contribution in [0.1, 0.15) is 10.4 Å². The number of thiazole rings is 1. The van der Waals surface area contributed by atoms with Gasteiger partial charge in [-0.2, -0.15) is 0 Å². The fourth-order valence-electron chi connectivity index (χ4n) is 2.39. The summed E-state index contributed by atoms with van der Waals surface area (Å²) in [5, 5.41) is 0.680. The van der Waals surface area contributed by atoms with Crippen molar-refractivity contribution in [2.75, 3.05) is 32.1 Å². The number of amides is 1. The van der Waals surface area contributed by atoms with Gasteiger partial charge in [-0.15, -0.1) is 0 Å². The molecule has 0 aliphatic heterocycles. The highest BCUT2D eigenvalue weighted by molar-refractivity contribution is 9.10. The second kappa shape index (κ2) is 8.00. The quantitative estimate of drug-likeness (QED) is 0.538. The predicted octanol–water partition coefficient (Wildman–Crippen LogP) is 5.06. The zero-order chi connectivity index (χ0) is 18.8. The van der Waals surface area contributed by atoms with Crippen molar-refractivity contribution in [1.29, 1.82) is 0 Å². The first-order chi connectivity index (χ1) is 12.3. The summed E-state index contributed by atoms with van der Waals surface area (Å²) in [7, 11) is 3.87. The molecule has 0 N–H and O–H groups in total. The van der Waals surface area contributed by atoms with Gasteiger partial charge < -0.3 is 4.90 Å². The fraction of sp³-hybridized carbons (Fsp3) is 0.222. The van der Waals surface area contributed by atoms with E-state index in [1.807, 2.05) is 37.2 Å². The Bertz CT molecular complexity index is 963. The highest BCUT2D eigenvalue weighted by Gasteiger charge is 2.23. The first-order valence-corrected chi connectivity index (χ1v) is 9.81. The minimum atomic E-state index is -0.476. The van der Waals surface area contributed by atoms with Gasteiger partial charge in [0, 0.05) is 17.6 Å². The number of nitrogens with zero attached hydrogens (tertiary/aromatic N) is 3. The topological polar surface area (TPSA) is 36.4 Å². The van der Waals surface area contributed by atoms with Crippen molar-refractivity contribution >= 4 is 60.1 Å². The maximum atomic E-state index is 13.3. The second-order valence-electron chi connectivity index (χ2n) is 5.99. The third-order valence-corrected chi connectivity index (χ3v) is 5.59. The third kappa shape index (κ3) is 4.23. The summed E-state index contributed by atoms with van der Waals surface area (Å²) in [6.07, 6.45) is 0. The third-order valence-electron chi connectivity index (χ3n) is 3.75. The van der Waals surface area contributed by atoms with Gasteiger partial charge in [-0.1, -0.05) is 38.9 Å². The predicted molar refractivity (Wildman–Crippen MR) is 109 cm³/mol. The molecule has 0 bridgehead atoms. The van der Waals surface area contributed by atoms with Crippen LogP contribution in [-0.4, -0.2) is 43.0 Å². The molecule has 1 heterocycles. The summed E-state index contributed by atoms with van der Waals surface area (Å²) in [6, 6.07) is 9.57. The van der Waals surface area contributed by atoms with E-state index in [4.69, 9.17) is 11.6 Å². The molecule has 0 aliphatic rings. The van der Waals surface area contributed by atoms with Gasteiger partial charge in [0.2, 0.25) is 0 Å². The summed E-state index contributed by atoms with van der Waals surface area (Å²) in [4.78, 5) is 21.3. The summed E-state index contributed by atoms with van der Waals surface area (Å²) in [6.45, 7) is 1.10. The van der Waals surface area contributed by atoms with Crippen LogP contribution < -0.4 is 4.90 Å². The molecule has 2 aromatic carbocycles. The Kier molecular flexibility index (Phi) is 5.92. The number of anilines is 1. The van der Waals surface area contributed by atoms with Gasteiger partial charge in [0.05, 0.1) is 20.8 Å². The molecule has 0 atom stereocenters. The molecule has 0 spiro atoms. The number of carbonyl (C=O) groups excluding carboxylic acids is 1. The largest absolute Gasteiger partial charge is 0.308 e. The van der Waals surface area contributed by atoms with Gasteiger partial charge in [-0.05, 0) is 50.5 Å². The zero-order valence-electron chi connectivity index (χ0n) is 14.2. The Morgan fingerprint density at radius 3 is 2.69 bits per heavy atom. The average molecular weight is 457 g/mol. The highest BCUT2D eigenvalue weighted by atomic mass is 79.9. The van der Waals surface area contributed by atoms with Crippen LogP contribution >= 0.6 is 38.9 Å². The summed E-state index contributed by atoms with van der Waals surface area (Å²) < 4.78 is 15.3. The van der Waals surface area contributed by atoms with Crippen molar-refractivity contribution < 1.29 is 9.18 Å². The van der Waals surface area contributed by atoms with Gasteiger partial charge in [0.15, 0.2) is 5.13 Å². The molecule has 0 radical (unpaired) electrons. The number of hydrogen-bond acceptors (Lipinski definition) is 4. The number of rotatable bonds is 5. The Hall–Kier alpha value is -1.54. The zero-order valence-corrected chi connectivity index (χ0v) is 17.3. The monoisotopic (exact) mass is 455 g/mol. The first kappa shape index (κ1) is 19.2. The molecule has 0 saturated carbocycles. The molecular weight excluding hydrogens is 441 g/mol. The van der Waals surface area contributed by atoms with E-state index in [0.29, 0.717) is 18.2 Å². The molecule has 0 unspecified atom stereocenters. The first-order valence-electron chi connectivity index (χ1n) is 7.83. The molecular formula is C18H16BrClFN3OS. The van der Waals surface area contributed by atoms with E-state index in [0.717, 1.165) is 20.8 Å². The Morgan fingerprint density at radius 2 is 2.00 bits per heavy atom. The number of halogens is 3. The lowest BCUT2D eigenvalue weighted by Crippen LogP contribution is -2.36. The minimum absolute atomic E-state index is 0.0914. The molecule has 0 aliphatic carbocycles. The Labute approximate surface area is 168 Å². The van der Waals surface area contributed by atoms with E-state index in [1.54, 1.807) is 4.90 Å². The number of hydrogen-bond donors (Lipinski definition) is 0. The van der Waals surface area contributed by atoms with Gasteiger partial charge in [-0.3, -0.25) is 9.69 Å². The maximum Gasteiger partial charge on any atom is 0.261 e. The summed E-state index contributed by atoms with van der Waals surface area (Å²) >= 11 is 11.0. The Morgan fingerprint density at radius 1 is 1.23 bits per heavy atom. The lowest BCUT2D eigenvalue weighted by Gasteiger charge is -2.22. The van der Waals surface area contributed by atoms with Crippen LogP contribution in [0.3, 0.4) is 0 Å². The Balaban J connectivity index is 2.01. The van der Waals surface area contributed by atoms with E-state index in [1.165, 1.54) is 23.5 Å². The molecule has 3 aromatic rings. The van der Waals surface area contributed by atoms with Gasteiger partial charge in [0.25, 0.3) is 5.91 Å². The van der Waals surface area contributed by atoms with E-state index < -0.39 is 5.82 Å². The van der Waals surface area contributed by atoms with Gasteiger partial charge in [-0.25, -0.2) is 9.37 Å². The molecule has 1 aromatic heterocycles. The highest BCUT2D eigenvalue weighted by Crippen LogP contribution is 2.32. The molecule has 8 heteroatoms. The molecule has 3 rings (SSSR count). The smallest absolute Gasteiger partial charge is 0.261 e. The number of benzene rings is 2. The van der Waals surface area contributed by atoms with Crippen molar-refractivity contribution in [3.63, 3.8) is 0 Å². The van der Waals surface area contributed by atoms with Crippen LogP contribution in [0.4, 0.5) is 9.52 Å². The van der Waals surface area contributed by atoms with Crippen LogP contribution in [0.15, 0.2) is 40.9 Å². The van der Waals surface area contributed by atoms with Crippen molar-refractivity contribution in [1.82, 2.24) is 9.88 Å². The van der Waals surface area contributed by atoms with Gasteiger partial charge >= 0.3 is 0 Å². The molecule has 0 saturated heterocycles. The molecule has 0 fully saturated rings. The van der Waals surface area contributed by atoms with Crippen molar-refractivity contribution in [2.24, 2.45) is 0 Å². The number of carbonyl (C=O) groups is 1. The van der Waals surface area contributed by atoms with Crippen LogP contribution in [0.2, 0.25) is 5.02 Å². The van der Waals surface area contributed by atoms with E-state index in [-0.39, 0.29) is 16.5 Å². The molecule has 136 valence electrons. The van der Waals surface area contributed by atoms with Crippen molar-refractivity contribution in [3.8, 4) is 0 Å². The standard InChI is InChI=1S/C18H16BrClFN3OS/c1-23(2)7-8-24(17(25)13-5-4-12(21)10-14(13)20)18-22-15-6-3-11(19)9-16(15)26-18/h3-6,9-10H,7-8H2,1-2H3. The number of likely N-dealkylation sites (N-methyl/N-ethyl adjacent to an activating group) is 1. The van der Waals surface area contributed by atoms with Crippen LogP contribution in [0.5, 0.6) is 0 Å². The van der Waals surface area contributed by atoms with E-state index >= 15 is 0 Å². The molecule has 1 amide bonds. The van der Waals surface area contributed by atoms with E-state index in [9.17, 15) is 9.18 Å². The number of fused-ring (bicyclic) bond motifs is 1. The minimum Gasteiger partial charge on any atom is -0.308 e. The maximum absolute atomic E-state index is 13.3. The van der Waals surface area contributed by atoms with Crippen molar-refractivity contribution in [3.05, 3.63) is 57.3 Å². The molecule has 26 heavy (non-hydrogen) atoms. The van der Waals surface area contributed by atoms with Crippen LogP contribution in [-0.2, 0) is 0 Å². The fourth-order valence-corrected chi connectivity index (χ4v) is 4.18. The normalized spacial score (nSPS) is 11.3. The lowest BCUT2D eigenvalue weighted by molar-refractivity contribution is 0.0985. The second-order valence-corrected chi connectivity index (χ2v) is 8.32. The SMILES string of the molecule is CN(C)CCN(C(=O)c1ccc(F)cc1Cl)c1nc2ccc(Br)cc2s1. The average Bonchev–Trinajstić information content (AvgIpc) is 2.97. The van der Waals surface area contributed by atoms with Gasteiger partial charge in [0.1, 0.15) is 5.82 Å². The van der Waals surface area contributed by atoms with E-state index in [2.05, 4.69) is 20.9 Å². The summed E-state index contributed by atoms with van der Waals surface area (Å²) in [5.74, 6) is -0.772. The molecule has 4 nitrogen and oxygen atoms in total. The van der Waals surface area contributed by atoms with Crippen molar-refractivity contribution in [2.45, 2.75) is 0 Å². The van der Waals surface area contributed by atoms with Crippen LogP contribution in [0.25, 0.3) is 10.2 Å². The van der Waals surface area contributed by atoms with Crippen LogP contribution in [0, 0.1) is 5.82 Å².